The molecule has 0 fully saturated rings. The van der Waals surface area contributed by atoms with Crippen molar-refractivity contribution in [3.8, 4) is 6.01 Å². The summed E-state index contributed by atoms with van der Waals surface area (Å²) in [6.07, 6.45) is 5.90. The molecule has 0 radical (unpaired) electrons. The van der Waals surface area contributed by atoms with Crippen molar-refractivity contribution in [1.29, 1.82) is 0 Å². The highest BCUT2D eigenvalue weighted by molar-refractivity contribution is 7.99. The lowest BCUT2D eigenvalue weighted by Gasteiger charge is -2.10. The van der Waals surface area contributed by atoms with Crippen LogP contribution >= 0.6 is 11.8 Å². The minimum absolute atomic E-state index is 0.000733. The van der Waals surface area contributed by atoms with Gasteiger partial charge in [-0.2, -0.15) is 15.0 Å². The first-order valence-corrected chi connectivity index (χ1v) is 7.59. The van der Waals surface area contributed by atoms with E-state index in [0.29, 0.717) is 17.1 Å². The summed E-state index contributed by atoms with van der Waals surface area (Å²) < 4.78 is 5.56. The fourth-order valence-electron chi connectivity index (χ4n) is 1.39. The van der Waals surface area contributed by atoms with Crippen LogP contribution in [0.25, 0.3) is 0 Å². The fourth-order valence-corrected chi connectivity index (χ4v) is 2.06. The van der Waals surface area contributed by atoms with E-state index in [9.17, 15) is 0 Å². The highest BCUT2D eigenvalue weighted by Crippen LogP contribution is 2.24. The van der Waals surface area contributed by atoms with Gasteiger partial charge < -0.3 is 10.1 Å². The lowest BCUT2D eigenvalue weighted by Crippen LogP contribution is -2.12. The number of nitrogens with one attached hydrogen (secondary N) is 1. The Labute approximate surface area is 128 Å². The molecular formula is C13H18N6OS. The quantitative estimate of drug-likeness (QED) is 0.834. The monoisotopic (exact) mass is 306 g/mol. The van der Waals surface area contributed by atoms with Gasteiger partial charge in [0, 0.05) is 18.9 Å². The minimum Gasteiger partial charge on any atom is -0.461 e. The van der Waals surface area contributed by atoms with E-state index in [1.54, 1.807) is 18.6 Å². The first kappa shape index (κ1) is 15.4. The van der Waals surface area contributed by atoms with E-state index in [4.69, 9.17) is 4.74 Å². The second-order valence-electron chi connectivity index (χ2n) is 4.46. The van der Waals surface area contributed by atoms with E-state index in [-0.39, 0.29) is 6.10 Å². The molecule has 0 bridgehead atoms. The van der Waals surface area contributed by atoms with E-state index in [0.717, 1.165) is 18.0 Å². The highest BCUT2D eigenvalue weighted by atomic mass is 32.2. The largest absolute Gasteiger partial charge is 0.461 e. The summed E-state index contributed by atoms with van der Waals surface area (Å²) in [6, 6.07) is 0.310. The molecule has 112 valence electrons. The van der Waals surface area contributed by atoms with Gasteiger partial charge in [-0.05, 0) is 32.0 Å². The Bertz CT molecular complexity index is 566. The van der Waals surface area contributed by atoms with Crippen molar-refractivity contribution in [1.82, 2.24) is 24.9 Å². The molecule has 0 saturated heterocycles. The normalized spacial score (nSPS) is 10.7. The Morgan fingerprint density at radius 3 is 2.76 bits per heavy atom. The minimum atomic E-state index is 0.000733. The third kappa shape index (κ3) is 5.14. The van der Waals surface area contributed by atoms with Gasteiger partial charge in [-0.25, -0.2) is 4.98 Å². The molecule has 21 heavy (non-hydrogen) atoms. The Morgan fingerprint density at radius 2 is 2.10 bits per heavy atom. The Morgan fingerprint density at radius 1 is 1.24 bits per heavy atom. The maximum Gasteiger partial charge on any atom is 0.322 e. The average Bonchev–Trinajstić information content (AvgIpc) is 2.45. The molecule has 0 unspecified atom stereocenters. The number of nitrogens with zero attached hydrogens (tertiary/aromatic N) is 5. The van der Waals surface area contributed by atoms with Crippen LogP contribution in [-0.2, 0) is 0 Å². The predicted molar refractivity (Wildman–Crippen MR) is 80.5 cm³/mol. The van der Waals surface area contributed by atoms with Gasteiger partial charge in [0.1, 0.15) is 5.03 Å². The molecule has 8 heteroatoms. The molecule has 0 aliphatic carbocycles. The zero-order valence-corrected chi connectivity index (χ0v) is 13.1. The van der Waals surface area contributed by atoms with Crippen molar-refractivity contribution in [3.63, 3.8) is 0 Å². The maximum atomic E-state index is 5.56. The van der Waals surface area contributed by atoms with Gasteiger partial charge in [-0.1, -0.05) is 6.92 Å². The molecule has 0 aromatic carbocycles. The van der Waals surface area contributed by atoms with Crippen molar-refractivity contribution >= 4 is 17.7 Å². The standard InChI is InChI=1S/C13H18N6OS/c1-4-5-16-11-17-12(20-9(2)3)19-13(18-11)21-10-8-14-6-7-15-10/h6-9H,4-5H2,1-3H3,(H,16,17,18,19). The molecule has 0 amide bonds. The van der Waals surface area contributed by atoms with Crippen molar-refractivity contribution in [2.45, 2.75) is 43.5 Å². The molecule has 2 heterocycles. The third-order valence-corrected chi connectivity index (χ3v) is 2.99. The van der Waals surface area contributed by atoms with Gasteiger partial charge in [0.15, 0.2) is 0 Å². The van der Waals surface area contributed by atoms with Crippen LogP contribution < -0.4 is 10.1 Å². The van der Waals surface area contributed by atoms with Crippen LogP contribution in [-0.4, -0.2) is 37.6 Å². The van der Waals surface area contributed by atoms with Crippen LogP contribution in [0.3, 0.4) is 0 Å². The third-order valence-electron chi connectivity index (χ3n) is 2.20. The summed E-state index contributed by atoms with van der Waals surface area (Å²) in [7, 11) is 0. The smallest absolute Gasteiger partial charge is 0.322 e. The Kier molecular flexibility index (Phi) is 5.68. The topological polar surface area (TPSA) is 85.7 Å². The highest BCUT2D eigenvalue weighted by Gasteiger charge is 2.10. The van der Waals surface area contributed by atoms with Gasteiger partial charge in [-0.15, -0.1) is 0 Å². The molecule has 2 aromatic heterocycles. The lowest BCUT2D eigenvalue weighted by molar-refractivity contribution is 0.219. The molecule has 0 aliphatic rings. The van der Waals surface area contributed by atoms with Gasteiger partial charge in [-0.3, -0.25) is 4.98 Å². The number of ether oxygens (including phenoxy) is 1. The molecule has 2 rings (SSSR count). The van der Waals surface area contributed by atoms with Crippen LogP contribution in [0.5, 0.6) is 6.01 Å². The molecule has 0 aliphatic heterocycles. The summed E-state index contributed by atoms with van der Waals surface area (Å²) in [5, 5.41) is 4.39. The first-order chi connectivity index (χ1) is 10.2. The van der Waals surface area contributed by atoms with E-state index in [1.807, 2.05) is 13.8 Å². The lowest BCUT2D eigenvalue weighted by atomic mass is 10.5. The SMILES string of the molecule is CCCNc1nc(OC(C)C)nc(Sc2cnccn2)n1. The van der Waals surface area contributed by atoms with Crippen LogP contribution in [0, 0.1) is 0 Å². The van der Waals surface area contributed by atoms with Crippen molar-refractivity contribution in [3.05, 3.63) is 18.6 Å². The molecule has 2 aromatic rings. The molecule has 7 nitrogen and oxygen atoms in total. The summed E-state index contributed by atoms with van der Waals surface area (Å²) in [6.45, 7) is 6.73. The molecule has 0 spiro atoms. The first-order valence-electron chi connectivity index (χ1n) is 6.78. The Hall–Kier alpha value is -1.96. The fraction of sp³-hybridized carbons (Fsp3) is 0.462. The van der Waals surface area contributed by atoms with E-state index in [1.165, 1.54) is 11.8 Å². The second kappa shape index (κ2) is 7.72. The molecule has 0 atom stereocenters. The number of aromatic nitrogens is 5. The van der Waals surface area contributed by atoms with Crippen LogP contribution in [0.15, 0.2) is 28.8 Å². The molecular weight excluding hydrogens is 288 g/mol. The van der Waals surface area contributed by atoms with Crippen molar-refractivity contribution in [2.24, 2.45) is 0 Å². The van der Waals surface area contributed by atoms with E-state index >= 15 is 0 Å². The summed E-state index contributed by atoms with van der Waals surface area (Å²) in [5.41, 5.74) is 0. The number of hydrogen-bond acceptors (Lipinski definition) is 8. The van der Waals surface area contributed by atoms with Gasteiger partial charge in [0.2, 0.25) is 11.1 Å². The Balaban J connectivity index is 2.21. The van der Waals surface area contributed by atoms with E-state index < -0.39 is 0 Å². The number of rotatable bonds is 7. The van der Waals surface area contributed by atoms with Crippen molar-refractivity contribution in [2.75, 3.05) is 11.9 Å². The van der Waals surface area contributed by atoms with Crippen molar-refractivity contribution < 1.29 is 4.74 Å². The maximum absolute atomic E-state index is 5.56. The van der Waals surface area contributed by atoms with Gasteiger partial charge in [0.05, 0.1) is 12.3 Å². The summed E-state index contributed by atoms with van der Waals surface area (Å²) in [5.74, 6) is 0.508. The molecule has 0 saturated carbocycles. The van der Waals surface area contributed by atoms with Gasteiger partial charge >= 0.3 is 6.01 Å². The molecule has 1 N–H and O–H groups in total. The summed E-state index contributed by atoms with van der Waals surface area (Å²) in [4.78, 5) is 21.1. The van der Waals surface area contributed by atoms with E-state index in [2.05, 4.69) is 37.2 Å². The second-order valence-corrected chi connectivity index (χ2v) is 5.45. The predicted octanol–water partition coefficient (Wildman–Crippen LogP) is 2.42. The number of anilines is 1. The zero-order valence-electron chi connectivity index (χ0n) is 12.3. The summed E-state index contributed by atoms with van der Waals surface area (Å²) >= 11 is 1.32. The van der Waals surface area contributed by atoms with Crippen LogP contribution in [0.2, 0.25) is 0 Å². The van der Waals surface area contributed by atoms with Gasteiger partial charge in [0.25, 0.3) is 0 Å². The number of hydrogen-bond donors (Lipinski definition) is 1. The van der Waals surface area contributed by atoms with Crippen LogP contribution in [0.4, 0.5) is 5.95 Å². The van der Waals surface area contributed by atoms with Crippen LogP contribution in [0.1, 0.15) is 27.2 Å². The average molecular weight is 306 g/mol. The zero-order chi connectivity index (χ0) is 15.1.